The van der Waals surface area contributed by atoms with Crippen molar-refractivity contribution in [3.63, 3.8) is 0 Å². The number of carbonyl (C=O) groups excluding carboxylic acids is 2. The third kappa shape index (κ3) is 4.30. The topological polar surface area (TPSA) is 81.6 Å². The molecule has 1 aromatic heterocycles. The molecule has 2 rings (SSSR count). The number of aryl methyl sites for hydroxylation is 1. The Labute approximate surface area is 157 Å². The van der Waals surface area contributed by atoms with Gasteiger partial charge in [-0.15, -0.1) is 0 Å². The molecule has 27 heavy (non-hydrogen) atoms. The van der Waals surface area contributed by atoms with Crippen LogP contribution < -0.4 is 15.6 Å². The number of H-pyrrole nitrogens is 1. The van der Waals surface area contributed by atoms with Gasteiger partial charge in [0.25, 0.3) is 11.7 Å². The number of halogens is 4. The summed E-state index contributed by atoms with van der Waals surface area (Å²) in [5.74, 6) is -3.05. The van der Waals surface area contributed by atoms with Gasteiger partial charge in [0.1, 0.15) is 6.20 Å². The molecule has 10 heteroatoms. The van der Waals surface area contributed by atoms with Gasteiger partial charge in [-0.3, -0.25) is 10.1 Å². The standard InChI is InChI=1S/C17H15ClF3N3O3/c1-10-5-3-4-6-12(10)14(25)24-16(15(26)27-2,17(19,20)21)23-13-8-7-11(18)9-22-13/h3-9H,1-2H3,(H,22,23)(H,24,25)/p+1/t16-/m0/s1. The van der Waals surface area contributed by atoms with E-state index in [1.807, 2.05) is 5.32 Å². The average Bonchev–Trinajstić information content (AvgIpc) is 2.61. The Morgan fingerprint density at radius 2 is 1.81 bits per heavy atom. The number of benzene rings is 1. The van der Waals surface area contributed by atoms with E-state index >= 15 is 0 Å². The Morgan fingerprint density at radius 3 is 2.33 bits per heavy atom. The highest BCUT2D eigenvalue weighted by molar-refractivity contribution is 6.30. The molecule has 144 valence electrons. The van der Waals surface area contributed by atoms with Gasteiger partial charge >= 0.3 is 17.8 Å². The Kier molecular flexibility index (Phi) is 5.94. The molecular weight excluding hydrogens is 387 g/mol. The smallest absolute Gasteiger partial charge is 0.464 e. The van der Waals surface area contributed by atoms with Gasteiger partial charge in [-0.05, 0) is 24.6 Å². The maximum atomic E-state index is 13.9. The lowest BCUT2D eigenvalue weighted by Crippen LogP contribution is -2.69. The van der Waals surface area contributed by atoms with Crippen LogP contribution in [-0.2, 0) is 9.53 Å². The largest absolute Gasteiger partial charge is 0.464 e. The van der Waals surface area contributed by atoms with Crippen LogP contribution in [0.25, 0.3) is 0 Å². The highest BCUT2D eigenvalue weighted by Crippen LogP contribution is 2.32. The van der Waals surface area contributed by atoms with Crippen LogP contribution >= 0.6 is 11.6 Å². The first-order valence-electron chi connectivity index (χ1n) is 7.59. The quantitative estimate of drug-likeness (QED) is 0.595. The molecule has 0 aliphatic carbocycles. The molecule has 0 bridgehead atoms. The van der Waals surface area contributed by atoms with Crippen molar-refractivity contribution >= 4 is 29.3 Å². The van der Waals surface area contributed by atoms with Crippen molar-refractivity contribution in [1.82, 2.24) is 5.32 Å². The molecule has 1 heterocycles. The monoisotopic (exact) mass is 402 g/mol. The van der Waals surface area contributed by atoms with Crippen LogP contribution in [-0.4, -0.2) is 30.8 Å². The summed E-state index contributed by atoms with van der Waals surface area (Å²) in [6.07, 6.45) is -4.02. The average molecular weight is 403 g/mol. The van der Waals surface area contributed by atoms with E-state index in [2.05, 4.69) is 9.72 Å². The zero-order valence-corrected chi connectivity index (χ0v) is 15.0. The fourth-order valence-electron chi connectivity index (χ4n) is 2.29. The van der Waals surface area contributed by atoms with Crippen molar-refractivity contribution in [2.75, 3.05) is 12.4 Å². The van der Waals surface area contributed by atoms with Crippen molar-refractivity contribution < 1.29 is 32.5 Å². The summed E-state index contributed by atoms with van der Waals surface area (Å²) >= 11 is 5.70. The van der Waals surface area contributed by atoms with E-state index in [1.54, 1.807) is 24.4 Å². The number of pyridine rings is 1. The highest BCUT2D eigenvalue weighted by atomic mass is 35.5. The molecule has 0 aliphatic heterocycles. The Bertz CT molecular complexity index is 843. The van der Waals surface area contributed by atoms with Gasteiger partial charge in [0, 0.05) is 11.6 Å². The van der Waals surface area contributed by atoms with Gasteiger partial charge < -0.3 is 4.74 Å². The van der Waals surface area contributed by atoms with Crippen molar-refractivity contribution in [1.29, 1.82) is 0 Å². The number of hydrogen-bond acceptors (Lipinski definition) is 4. The number of esters is 1. The van der Waals surface area contributed by atoms with E-state index in [0.717, 1.165) is 7.11 Å². The van der Waals surface area contributed by atoms with Crippen LogP contribution in [0, 0.1) is 6.92 Å². The molecule has 0 saturated heterocycles. The van der Waals surface area contributed by atoms with Crippen LogP contribution in [0.2, 0.25) is 5.02 Å². The normalized spacial score (nSPS) is 13.4. The summed E-state index contributed by atoms with van der Waals surface area (Å²) in [5.41, 5.74) is -3.10. The van der Waals surface area contributed by atoms with Crippen LogP contribution in [0.15, 0.2) is 42.6 Å². The number of methoxy groups -OCH3 is 1. The van der Waals surface area contributed by atoms with Crippen molar-refractivity contribution in [2.24, 2.45) is 0 Å². The van der Waals surface area contributed by atoms with Gasteiger partial charge in [0.15, 0.2) is 0 Å². The van der Waals surface area contributed by atoms with Crippen molar-refractivity contribution in [3.8, 4) is 0 Å². The number of ether oxygens (including phenoxy) is 1. The summed E-state index contributed by atoms with van der Waals surface area (Å²) in [5, 5.41) is 3.96. The number of alkyl halides is 3. The Morgan fingerprint density at radius 1 is 1.15 bits per heavy atom. The minimum atomic E-state index is -5.23. The SMILES string of the molecule is COC(=O)[C@@](NC(=O)c1ccccc1C)(Nc1ccc(Cl)c[nH+]1)C(F)(F)F. The zero-order chi connectivity index (χ0) is 20.2. The summed E-state index contributed by atoms with van der Waals surface area (Å²) in [4.78, 5) is 27.1. The second-order valence-corrected chi connectivity index (χ2v) is 5.99. The van der Waals surface area contributed by atoms with E-state index < -0.39 is 23.7 Å². The van der Waals surface area contributed by atoms with Crippen molar-refractivity contribution in [2.45, 2.75) is 18.8 Å². The Balaban J connectivity index is 2.50. The molecule has 0 fully saturated rings. The minimum absolute atomic E-state index is 0.0167. The third-order valence-electron chi connectivity index (χ3n) is 3.70. The summed E-state index contributed by atoms with van der Waals surface area (Å²) in [7, 11) is 0.788. The molecule has 0 radical (unpaired) electrons. The number of carbonyl (C=O) groups is 2. The fraction of sp³-hybridized carbons (Fsp3) is 0.235. The molecular formula is C17H16ClF3N3O3+. The molecule has 3 N–H and O–H groups in total. The first-order chi connectivity index (χ1) is 12.6. The molecule has 0 aliphatic rings. The molecule has 0 spiro atoms. The summed E-state index contributed by atoms with van der Waals surface area (Å²) < 4.78 is 46.1. The third-order valence-corrected chi connectivity index (χ3v) is 3.94. The lowest BCUT2D eigenvalue weighted by molar-refractivity contribution is -0.362. The predicted octanol–water partition coefficient (Wildman–Crippen LogP) is 2.74. The first-order valence-corrected chi connectivity index (χ1v) is 7.97. The second-order valence-electron chi connectivity index (χ2n) is 5.55. The van der Waals surface area contributed by atoms with Crippen LogP contribution in [0.4, 0.5) is 19.0 Å². The number of anilines is 1. The van der Waals surface area contributed by atoms with Crippen molar-refractivity contribution in [3.05, 3.63) is 58.7 Å². The van der Waals surface area contributed by atoms with Gasteiger partial charge in [-0.2, -0.15) is 13.2 Å². The van der Waals surface area contributed by atoms with Gasteiger partial charge in [-0.1, -0.05) is 29.8 Å². The molecule has 1 amide bonds. The maximum Gasteiger partial charge on any atom is 0.464 e. The van der Waals surface area contributed by atoms with Gasteiger partial charge in [0.05, 0.1) is 12.1 Å². The number of rotatable bonds is 5. The highest BCUT2D eigenvalue weighted by Gasteiger charge is 2.67. The van der Waals surface area contributed by atoms with Crippen LogP contribution in [0.5, 0.6) is 0 Å². The summed E-state index contributed by atoms with van der Waals surface area (Å²) in [6, 6.07) is 8.52. The Hall–Kier alpha value is -2.81. The maximum absolute atomic E-state index is 13.9. The number of aromatic amines is 1. The lowest BCUT2D eigenvalue weighted by Gasteiger charge is -2.30. The number of hydrogen-bond donors (Lipinski definition) is 2. The minimum Gasteiger partial charge on any atom is -0.464 e. The number of nitrogens with one attached hydrogen (secondary N) is 3. The molecule has 0 unspecified atom stereocenters. The molecule has 1 atom stereocenters. The van der Waals surface area contributed by atoms with E-state index in [0.29, 0.717) is 5.56 Å². The van der Waals surface area contributed by atoms with Crippen LogP contribution in [0.1, 0.15) is 15.9 Å². The van der Waals surface area contributed by atoms with E-state index in [1.165, 1.54) is 30.5 Å². The number of aromatic nitrogens is 1. The van der Waals surface area contributed by atoms with E-state index in [9.17, 15) is 22.8 Å². The van der Waals surface area contributed by atoms with E-state index in [-0.39, 0.29) is 16.4 Å². The predicted molar refractivity (Wildman–Crippen MR) is 91.1 cm³/mol. The summed E-state index contributed by atoms with van der Waals surface area (Å²) in [6.45, 7) is 1.56. The lowest BCUT2D eigenvalue weighted by atomic mass is 10.1. The molecule has 2 aromatic rings. The number of amides is 1. The second kappa shape index (κ2) is 7.83. The molecule has 0 saturated carbocycles. The molecule has 6 nitrogen and oxygen atoms in total. The zero-order valence-electron chi connectivity index (χ0n) is 14.3. The van der Waals surface area contributed by atoms with E-state index in [4.69, 9.17) is 11.6 Å². The first kappa shape index (κ1) is 20.5. The van der Waals surface area contributed by atoms with Gasteiger partial charge in [0.2, 0.25) is 0 Å². The fourth-order valence-corrected chi connectivity index (χ4v) is 2.41. The molecule has 1 aromatic carbocycles. The van der Waals surface area contributed by atoms with Crippen LogP contribution in [0.3, 0.4) is 0 Å². The van der Waals surface area contributed by atoms with Gasteiger partial charge in [-0.25, -0.2) is 15.1 Å².